The van der Waals surface area contributed by atoms with Crippen LogP contribution < -0.4 is 5.32 Å². The summed E-state index contributed by atoms with van der Waals surface area (Å²) in [7, 11) is 1.88. The number of rotatable bonds is 5. The topological polar surface area (TPSA) is 12.0 Å². The minimum Gasteiger partial charge on any atom is -0.316 e. The molecule has 1 N–H and O–H groups in total. The highest BCUT2D eigenvalue weighted by Crippen LogP contribution is 2.17. The van der Waals surface area contributed by atoms with Crippen LogP contribution in [0.2, 0.25) is 0 Å². The van der Waals surface area contributed by atoms with E-state index in [0.29, 0.717) is 6.42 Å². The zero-order valence-corrected chi connectivity index (χ0v) is 10.3. The van der Waals surface area contributed by atoms with Crippen LogP contribution in [0.1, 0.15) is 12.0 Å². The summed E-state index contributed by atoms with van der Waals surface area (Å²) >= 11 is 3.24. The van der Waals surface area contributed by atoms with Gasteiger partial charge in [-0.3, -0.25) is 0 Å². The van der Waals surface area contributed by atoms with E-state index in [9.17, 15) is 4.39 Å². The van der Waals surface area contributed by atoms with Crippen molar-refractivity contribution in [1.82, 2.24) is 5.32 Å². The molecule has 1 rings (SSSR count). The molecule has 0 saturated heterocycles. The van der Waals surface area contributed by atoms with E-state index in [1.807, 2.05) is 25.3 Å². The smallest absolute Gasteiger partial charge is 0.127 e. The number of halogens is 2. The third-order valence-electron chi connectivity index (χ3n) is 2.34. The fraction of sp³-hybridized carbons (Fsp3) is 0.333. The van der Waals surface area contributed by atoms with E-state index in [0.717, 1.165) is 16.5 Å². The van der Waals surface area contributed by atoms with Crippen molar-refractivity contribution in [3.05, 3.63) is 46.7 Å². The Balaban J connectivity index is 2.74. The Morgan fingerprint density at radius 3 is 2.87 bits per heavy atom. The molecule has 0 spiro atoms. The maximum absolute atomic E-state index is 13.5. The quantitative estimate of drug-likeness (QED) is 0.811. The van der Waals surface area contributed by atoms with Gasteiger partial charge in [-0.05, 0) is 37.6 Å². The van der Waals surface area contributed by atoms with E-state index in [1.54, 1.807) is 0 Å². The summed E-state index contributed by atoms with van der Waals surface area (Å²) in [5, 5.41) is 3.14. The van der Waals surface area contributed by atoms with Crippen molar-refractivity contribution in [2.24, 2.45) is 0 Å². The molecule has 15 heavy (non-hydrogen) atoms. The largest absolute Gasteiger partial charge is 0.316 e. The van der Waals surface area contributed by atoms with Gasteiger partial charge >= 0.3 is 0 Å². The molecular formula is C12H15BrFN. The van der Waals surface area contributed by atoms with Crippen LogP contribution in [0.25, 0.3) is 0 Å². The standard InChI is InChI=1S/C12H15BrFN/c1-3-4-11(15-2)7-9-5-6-10(13)8-12(9)14/h3,5-6,8,11,15H,1,4,7H2,2H3. The monoisotopic (exact) mass is 271 g/mol. The maximum atomic E-state index is 13.5. The van der Waals surface area contributed by atoms with E-state index in [4.69, 9.17) is 0 Å². The number of nitrogens with one attached hydrogen (secondary N) is 1. The predicted octanol–water partition coefficient (Wildman–Crippen LogP) is 3.29. The maximum Gasteiger partial charge on any atom is 0.127 e. The van der Waals surface area contributed by atoms with Crippen LogP contribution in [0.4, 0.5) is 4.39 Å². The van der Waals surface area contributed by atoms with Gasteiger partial charge in [-0.2, -0.15) is 0 Å². The molecule has 0 aliphatic heterocycles. The number of hydrogen-bond donors (Lipinski definition) is 1. The van der Waals surface area contributed by atoms with Gasteiger partial charge in [0.1, 0.15) is 5.82 Å². The Kier molecular flexibility index (Phi) is 4.99. The van der Waals surface area contributed by atoms with Gasteiger partial charge in [-0.1, -0.05) is 28.1 Å². The van der Waals surface area contributed by atoms with Gasteiger partial charge in [0.15, 0.2) is 0 Å². The first-order valence-electron chi connectivity index (χ1n) is 4.89. The number of likely N-dealkylation sites (N-methyl/N-ethyl adjacent to an activating group) is 1. The third-order valence-corrected chi connectivity index (χ3v) is 2.83. The van der Waals surface area contributed by atoms with Crippen molar-refractivity contribution in [1.29, 1.82) is 0 Å². The van der Waals surface area contributed by atoms with Crippen LogP contribution in [-0.2, 0) is 6.42 Å². The van der Waals surface area contributed by atoms with Crippen molar-refractivity contribution in [3.8, 4) is 0 Å². The summed E-state index contributed by atoms with van der Waals surface area (Å²) in [6.07, 6.45) is 3.37. The van der Waals surface area contributed by atoms with Gasteiger partial charge in [0.25, 0.3) is 0 Å². The second-order valence-corrected chi connectivity index (χ2v) is 4.37. The number of hydrogen-bond acceptors (Lipinski definition) is 1. The van der Waals surface area contributed by atoms with Crippen molar-refractivity contribution in [3.63, 3.8) is 0 Å². The van der Waals surface area contributed by atoms with Crippen molar-refractivity contribution < 1.29 is 4.39 Å². The molecule has 0 saturated carbocycles. The first-order valence-corrected chi connectivity index (χ1v) is 5.68. The lowest BCUT2D eigenvalue weighted by atomic mass is 10.0. The third kappa shape index (κ3) is 3.76. The Morgan fingerprint density at radius 2 is 2.33 bits per heavy atom. The normalized spacial score (nSPS) is 12.5. The second kappa shape index (κ2) is 6.03. The molecule has 3 heteroatoms. The lowest BCUT2D eigenvalue weighted by molar-refractivity contribution is 0.539. The molecule has 0 aromatic heterocycles. The van der Waals surface area contributed by atoms with Gasteiger partial charge in [-0.25, -0.2) is 4.39 Å². The molecule has 1 atom stereocenters. The summed E-state index contributed by atoms with van der Waals surface area (Å²) in [4.78, 5) is 0. The lowest BCUT2D eigenvalue weighted by Crippen LogP contribution is -2.27. The van der Waals surface area contributed by atoms with Gasteiger partial charge in [-0.15, -0.1) is 6.58 Å². The Hall–Kier alpha value is -0.670. The highest BCUT2D eigenvalue weighted by molar-refractivity contribution is 9.10. The van der Waals surface area contributed by atoms with Crippen LogP contribution in [0, 0.1) is 5.82 Å². The molecule has 0 radical (unpaired) electrons. The molecule has 0 bridgehead atoms. The van der Waals surface area contributed by atoms with Crippen LogP contribution in [0.15, 0.2) is 35.3 Å². The molecule has 0 heterocycles. The molecule has 0 aliphatic rings. The van der Waals surface area contributed by atoms with Crippen LogP contribution >= 0.6 is 15.9 Å². The van der Waals surface area contributed by atoms with Gasteiger partial charge in [0.05, 0.1) is 0 Å². The molecule has 0 aliphatic carbocycles. The highest BCUT2D eigenvalue weighted by Gasteiger charge is 2.09. The minimum absolute atomic E-state index is 0.159. The lowest BCUT2D eigenvalue weighted by Gasteiger charge is -2.14. The molecule has 0 amide bonds. The fourth-order valence-electron chi connectivity index (χ4n) is 1.46. The molecule has 1 nitrogen and oxygen atoms in total. The molecule has 82 valence electrons. The first-order chi connectivity index (χ1) is 7.17. The van der Waals surface area contributed by atoms with Gasteiger partial charge in [0, 0.05) is 10.5 Å². The minimum atomic E-state index is -0.159. The first kappa shape index (κ1) is 12.4. The fourth-order valence-corrected chi connectivity index (χ4v) is 1.79. The van der Waals surface area contributed by atoms with E-state index in [1.165, 1.54) is 6.07 Å². The molecule has 0 fully saturated rings. The Bertz CT molecular complexity index is 338. The molecule has 1 aromatic rings. The van der Waals surface area contributed by atoms with Crippen LogP contribution in [0.5, 0.6) is 0 Å². The Morgan fingerprint density at radius 1 is 1.60 bits per heavy atom. The average molecular weight is 272 g/mol. The van der Waals surface area contributed by atoms with E-state index in [2.05, 4.69) is 27.8 Å². The highest BCUT2D eigenvalue weighted by atomic mass is 79.9. The van der Waals surface area contributed by atoms with Crippen molar-refractivity contribution in [2.45, 2.75) is 18.9 Å². The predicted molar refractivity (Wildman–Crippen MR) is 65.5 cm³/mol. The zero-order chi connectivity index (χ0) is 11.3. The van der Waals surface area contributed by atoms with Gasteiger partial charge < -0.3 is 5.32 Å². The van der Waals surface area contributed by atoms with Crippen molar-refractivity contribution in [2.75, 3.05) is 7.05 Å². The zero-order valence-electron chi connectivity index (χ0n) is 8.76. The molecule has 1 unspecified atom stereocenters. The van der Waals surface area contributed by atoms with E-state index >= 15 is 0 Å². The summed E-state index contributed by atoms with van der Waals surface area (Å²) in [6, 6.07) is 5.42. The van der Waals surface area contributed by atoms with E-state index in [-0.39, 0.29) is 11.9 Å². The SMILES string of the molecule is C=CCC(Cc1ccc(Br)cc1F)NC. The van der Waals surface area contributed by atoms with Crippen LogP contribution in [0.3, 0.4) is 0 Å². The van der Waals surface area contributed by atoms with Crippen LogP contribution in [-0.4, -0.2) is 13.1 Å². The summed E-state index contributed by atoms with van der Waals surface area (Å²) in [5.41, 5.74) is 0.736. The Labute approximate surface area is 98.5 Å². The average Bonchev–Trinajstić information content (AvgIpc) is 2.21. The summed E-state index contributed by atoms with van der Waals surface area (Å²) < 4.78 is 14.3. The number of benzene rings is 1. The van der Waals surface area contributed by atoms with Crippen molar-refractivity contribution >= 4 is 15.9 Å². The van der Waals surface area contributed by atoms with Gasteiger partial charge in [0.2, 0.25) is 0 Å². The molecular weight excluding hydrogens is 257 g/mol. The second-order valence-electron chi connectivity index (χ2n) is 3.45. The van der Waals surface area contributed by atoms with E-state index < -0.39 is 0 Å². The summed E-state index contributed by atoms with van der Waals surface area (Å²) in [5.74, 6) is -0.159. The molecule has 1 aromatic carbocycles. The summed E-state index contributed by atoms with van der Waals surface area (Å²) in [6.45, 7) is 3.69.